The van der Waals surface area contributed by atoms with Crippen molar-refractivity contribution in [1.29, 1.82) is 0 Å². The molecule has 3 amide bonds. The predicted molar refractivity (Wildman–Crippen MR) is 85.7 cm³/mol. The maximum atomic E-state index is 11.9. The Labute approximate surface area is 137 Å². The van der Waals surface area contributed by atoms with Crippen LogP contribution in [0.5, 0.6) is 0 Å². The summed E-state index contributed by atoms with van der Waals surface area (Å²) in [5, 5.41) is 17.0. The second-order valence-corrected chi connectivity index (χ2v) is 6.70. The molecule has 0 aromatic rings. The van der Waals surface area contributed by atoms with Gasteiger partial charge in [0.25, 0.3) is 5.91 Å². The van der Waals surface area contributed by atoms with Crippen molar-refractivity contribution in [1.82, 2.24) is 16.0 Å². The molecule has 0 aliphatic heterocycles. The molecule has 0 fully saturated rings. The molecule has 0 aliphatic rings. The number of amides is 3. The molecule has 0 heterocycles. The third-order valence-electron chi connectivity index (χ3n) is 2.73. The van der Waals surface area contributed by atoms with Gasteiger partial charge in [-0.2, -0.15) is 0 Å². The summed E-state index contributed by atoms with van der Waals surface area (Å²) in [4.78, 5) is 35.1. The minimum atomic E-state index is -1.47. The van der Waals surface area contributed by atoms with Gasteiger partial charge in [0.15, 0.2) is 0 Å². The highest BCUT2D eigenvalue weighted by atomic mass is 16.6. The number of hydrogen-bond donors (Lipinski definition) is 4. The van der Waals surface area contributed by atoms with Gasteiger partial charge in [0.2, 0.25) is 5.91 Å². The van der Waals surface area contributed by atoms with E-state index in [0.717, 1.165) is 0 Å². The van der Waals surface area contributed by atoms with Crippen LogP contribution in [0.3, 0.4) is 0 Å². The van der Waals surface area contributed by atoms with Crippen molar-refractivity contribution < 1.29 is 24.2 Å². The third-order valence-corrected chi connectivity index (χ3v) is 2.73. The van der Waals surface area contributed by atoms with Gasteiger partial charge in [-0.15, -0.1) is 0 Å². The molecule has 0 aliphatic carbocycles. The van der Waals surface area contributed by atoms with Gasteiger partial charge in [-0.05, 0) is 33.1 Å². The first kappa shape index (κ1) is 21.2. The average Bonchev–Trinajstić information content (AvgIpc) is 2.40. The van der Waals surface area contributed by atoms with Gasteiger partial charge in [-0.1, -0.05) is 13.8 Å². The van der Waals surface area contributed by atoms with E-state index < -0.39 is 29.7 Å². The molecule has 2 atom stereocenters. The summed E-state index contributed by atoms with van der Waals surface area (Å²) in [5.74, 6) is -0.871. The van der Waals surface area contributed by atoms with Gasteiger partial charge in [-0.3, -0.25) is 9.59 Å². The van der Waals surface area contributed by atoms with E-state index >= 15 is 0 Å². The number of aliphatic hydroxyl groups is 1. The number of rotatable bonds is 7. The monoisotopic (exact) mass is 331 g/mol. The fraction of sp³-hybridized carbons (Fsp3) is 0.800. The second-order valence-electron chi connectivity index (χ2n) is 6.70. The minimum Gasteiger partial charge on any atom is -0.444 e. The quantitative estimate of drug-likeness (QED) is 0.530. The zero-order chi connectivity index (χ0) is 18.2. The molecule has 8 heteroatoms. The Morgan fingerprint density at radius 2 is 1.70 bits per heavy atom. The summed E-state index contributed by atoms with van der Waals surface area (Å²) < 4.78 is 5.00. The van der Waals surface area contributed by atoms with Gasteiger partial charge in [0, 0.05) is 7.05 Å². The van der Waals surface area contributed by atoms with Crippen LogP contribution in [-0.2, 0) is 14.3 Å². The lowest BCUT2D eigenvalue weighted by Gasteiger charge is -2.22. The molecule has 0 aromatic carbocycles. The van der Waals surface area contributed by atoms with Crippen molar-refractivity contribution in [2.45, 2.75) is 58.8 Å². The minimum absolute atomic E-state index is 0.189. The molecule has 8 nitrogen and oxygen atoms in total. The summed E-state index contributed by atoms with van der Waals surface area (Å²) in [6.07, 6.45) is -1.76. The molecule has 0 rings (SSSR count). The Morgan fingerprint density at radius 1 is 1.13 bits per heavy atom. The Morgan fingerprint density at radius 3 is 2.13 bits per heavy atom. The highest BCUT2D eigenvalue weighted by molar-refractivity contribution is 5.89. The van der Waals surface area contributed by atoms with E-state index in [1.807, 2.05) is 13.8 Å². The number of nitrogens with one attached hydrogen (secondary N) is 3. The fourth-order valence-corrected chi connectivity index (χ4v) is 1.73. The third kappa shape index (κ3) is 9.72. The van der Waals surface area contributed by atoms with E-state index in [-0.39, 0.29) is 18.4 Å². The number of aliphatic hydroxyl groups excluding tert-OH is 1. The zero-order valence-corrected chi connectivity index (χ0v) is 14.7. The normalized spacial score (nSPS) is 13.9. The maximum absolute atomic E-state index is 11.9. The van der Waals surface area contributed by atoms with E-state index in [1.54, 1.807) is 20.8 Å². The fourth-order valence-electron chi connectivity index (χ4n) is 1.73. The lowest BCUT2D eigenvalue weighted by molar-refractivity contribution is -0.134. The first-order chi connectivity index (χ1) is 10.5. The van der Waals surface area contributed by atoms with Crippen LogP contribution < -0.4 is 16.0 Å². The smallest absolute Gasteiger partial charge is 0.407 e. The van der Waals surface area contributed by atoms with Crippen molar-refractivity contribution in [3.63, 3.8) is 0 Å². The molecule has 0 saturated carbocycles. The molecule has 4 N–H and O–H groups in total. The summed E-state index contributed by atoms with van der Waals surface area (Å²) >= 11 is 0. The molecular formula is C15H29N3O5. The molecule has 23 heavy (non-hydrogen) atoms. The van der Waals surface area contributed by atoms with Crippen molar-refractivity contribution in [2.75, 3.05) is 13.6 Å². The molecule has 0 radical (unpaired) electrons. The standard InChI is InChI=1S/C15H29N3O5/c1-9(2)7-10(12(20)16-6)18-13(21)11(19)8-17-14(22)23-15(3,4)5/h9-11,19H,7-8H2,1-6H3,(H,16,20)(H,17,22)(H,18,21)/t10-,11?/m0/s1. The van der Waals surface area contributed by atoms with E-state index in [4.69, 9.17) is 4.74 Å². The predicted octanol–water partition coefficient (Wildman–Crippen LogP) is 0.149. The van der Waals surface area contributed by atoms with Crippen molar-refractivity contribution in [3.8, 4) is 0 Å². The number of alkyl carbamates (subject to hydrolysis) is 1. The van der Waals surface area contributed by atoms with Crippen LogP contribution in [0.4, 0.5) is 4.79 Å². The first-order valence-electron chi connectivity index (χ1n) is 7.63. The van der Waals surface area contributed by atoms with Gasteiger partial charge in [0.05, 0.1) is 6.54 Å². The average molecular weight is 331 g/mol. The lowest BCUT2D eigenvalue weighted by Crippen LogP contribution is -2.51. The van der Waals surface area contributed by atoms with E-state index in [9.17, 15) is 19.5 Å². The van der Waals surface area contributed by atoms with Crippen LogP contribution in [-0.4, -0.2) is 54.4 Å². The summed E-state index contributed by atoms with van der Waals surface area (Å²) in [6, 6.07) is -0.733. The van der Waals surface area contributed by atoms with Crippen LogP contribution in [0.25, 0.3) is 0 Å². The zero-order valence-electron chi connectivity index (χ0n) is 14.7. The van der Waals surface area contributed by atoms with Crippen molar-refractivity contribution in [2.24, 2.45) is 5.92 Å². The van der Waals surface area contributed by atoms with Gasteiger partial charge in [0.1, 0.15) is 17.7 Å². The molecule has 0 spiro atoms. The van der Waals surface area contributed by atoms with Crippen molar-refractivity contribution in [3.05, 3.63) is 0 Å². The van der Waals surface area contributed by atoms with Crippen LogP contribution in [0.1, 0.15) is 41.0 Å². The molecular weight excluding hydrogens is 302 g/mol. The number of ether oxygens (including phenoxy) is 1. The highest BCUT2D eigenvalue weighted by Gasteiger charge is 2.25. The summed E-state index contributed by atoms with van der Waals surface area (Å²) in [6.45, 7) is 8.65. The van der Waals surface area contributed by atoms with Crippen LogP contribution in [0.2, 0.25) is 0 Å². The van der Waals surface area contributed by atoms with Crippen LogP contribution >= 0.6 is 0 Å². The number of hydrogen-bond acceptors (Lipinski definition) is 5. The molecule has 134 valence electrons. The number of carbonyl (C=O) groups is 3. The highest BCUT2D eigenvalue weighted by Crippen LogP contribution is 2.07. The Bertz CT molecular complexity index is 418. The first-order valence-corrected chi connectivity index (χ1v) is 7.63. The Hall–Kier alpha value is -1.83. The van der Waals surface area contributed by atoms with Gasteiger partial charge >= 0.3 is 6.09 Å². The SMILES string of the molecule is CNC(=O)[C@H](CC(C)C)NC(=O)C(O)CNC(=O)OC(C)(C)C. The molecule has 0 bridgehead atoms. The van der Waals surface area contributed by atoms with E-state index in [1.165, 1.54) is 7.05 Å². The molecule has 1 unspecified atom stereocenters. The Balaban J connectivity index is 4.46. The topological polar surface area (TPSA) is 117 Å². The second kappa shape index (κ2) is 9.34. The maximum Gasteiger partial charge on any atom is 0.407 e. The lowest BCUT2D eigenvalue weighted by atomic mass is 10.0. The molecule has 0 aromatic heterocycles. The Kier molecular flexibility index (Phi) is 8.60. The summed E-state index contributed by atoms with van der Waals surface area (Å²) in [5.41, 5.74) is -0.668. The van der Waals surface area contributed by atoms with Crippen LogP contribution in [0.15, 0.2) is 0 Å². The van der Waals surface area contributed by atoms with Crippen molar-refractivity contribution >= 4 is 17.9 Å². The van der Waals surface area contributed by atoms with Crippen LogP contribution in [0, 0.1) is 5.92 Å². The van der Waals surface area contributed by atoms with Gasteiger partial charge in [-0.25, -0.2) is 4.79 Å². The number of likely N-dealkylation sites (N-methyl/N-ethyl adjacent to an activating group) is 1. The van der Waals surface area contributed by atoms with E-state index in [0.29, 0.717) is 6.42 Å². The van der Waals surface area contributed by atoms with E-state index in [2.05, 4.69) is 16.0 Å². The molecule has 0 saturated heterocycles. The summed E-state index contributed by atoms with van der Waals surface area (Å²) in [7, 11) is 1.47. The largest absolute Gasteiger partial charge is 0.444 e. The number of carbonyl (C=O) groups excluding carboxylic acids is 3. The van der Waals surface area contributed by atoms with Gasteiger partial charge < -0.3 is 25.8 Å².